The Bertz CT molecular complexity index is 653. The number of methoxy groups -OCH3 is 3. The van der Waals surface area contributed by atoms with Crippen molar-refractivity contribution < 1.29 is 33.6 Å². The number of rotatable bonds is 9. The van der Waals surface area contributed by atoms with Crippen LogP contribution in [0, 0.1) is 0 Å². The van der Waals surface area contributed by atoms with Gasteiger partial charge in [-0.05, 0) is 24.5 Å². The van der Waals surface area contributed by atoms with Gasteiger partial charge >= 0.3 is 5.97 Å². The van der Waals surface area contributed by atoms with Gasteiger partial charge in [0, 0.05) is 13.0 Å². The lowest BCUT2D eigenvalue weighted by Gasteiger charge is -2.27. The van der Waals surface area contributed by atoms with Gasteiger partial charge in [0.15, 0.2) is 11.5 Å². The van der Waals surface area contributed by atoms with Crippen LogP contribution in [0.25, 0.3) is 0 Å². The summed E-state index contributed by atoms with van der Waals surface area (Å²) in [5.41, 5.74) is -0.0276. The Hall–Kier alpha value is -2.48. The minimum absolute atomic E-state index is 0.154. The molecule has 1 aliphatic rings. The maximum atomic E-state index is 12.4. The van der Waals surface area contributed by atoms with E-state index in [1.165, 1.54) is 21.3 Å². The topological polar surface area (TPSA) is 103 Å². The summed E-state index contributed by atoms with van der Waals surface area (Å²) < 4.78 is 21.3. The van der Waals surface area contributed by atoms with E-state index in [-0.39, 0.29) is 25.4 Å². The molecule has 8 heteroatoms. The average Bonchev–Trinajstić information content (AvgIpc) is 3.05. The molecule has 1 heterocycles. The van der Waals surface area contributed by atoms with Gasteiger partial charge < -0.3 is 29.4 Å². The van der Waals surface area contributed by atoms with Gasteiger partial charge in [-0.15, -0.1) is 0 Å². The lowest BCUT2D eigenvalue weighted by molar-refractivity contribution is -0.139. The number of carboxylic acids is 1. The number of carbonyl (C=O) groups is 2. The summed E-state index contributed by atoms with van der Waals surface area (Å²) in [6.07, 6.45) is 0.940. The second-order valence-electron chi connectivity index (χ2n) is 6.20. The minimum atomic E-state index is -0.961. The number of hydrogen-bond acceptors (Lipinski definition) is 6. The van der Waals surface area contributed by atoms with Crippen molar-refractivity contribution in [2.45, 2.75) is 31.2 Å². The third-order valence-corrected chi connectivity index (χ3v) is 4.40. The maximum Gasteiger partial charge on any atom is 0.305 e. The van der Waals surface area contributed by atoms with Crippen LogP contribution in [0.2, 0.25) is 0 Å². The largest absolute Gasteiger partial charge is 0.493 e. The fourth-order valence-corrected chi connectivity index (χ4v) is 3.15. The maximum absolute atomic E-state index is 12.4. The SMILES string of the molecule is COc1ccc(CCC(=O)NC2(CC(=O)O)CCOC2)c(OC)c1OC. The van der Waals surface area contributed by atoms with Crippen LogP contribution in [-0.2, 0) is 20.7 Å². The van der Waals surface area contributed by atoms with Crippen molar-refractivity contribution in [2.24, 2.45) is 0 Å². The van der Waals surface area contributed by atoms with E-state index in [1.54, 1.807) is 6.07 Å². The summed E-state index contributed by atoms with van der Waals surface area (Å²) in [6, 6.07) is 3.57. The number of hydrogen-bond donors (Lipinski definition) is 2. The van der Waals surface area contributed by atoms with Crippen molar-refractivity contribution in [2.75, 3.05) is 34.5 Å². The Balaban J connectivity index is 2.06. The molecule has 0 saturated carbocycles. The Morgan fingerprint density at radius 2 is 1.92 bits per heavy atom. The zero-order chi connectivity index (χ0) is 19.2. The lowest BCUT2D eigenvalue weighted by atomic mass is 9.94. The van der Waals surface area contributed by atoms with Crippen molar-refractivity contribution in [3.05, 3.63) is 17.7 Å². The highest BCUT2D eigenvalue weighted by atomic mass is 16.5. The third kappa shape index (κ3) is 4.57. The molecule has 2 rings (SSSR count). The molecule has 0 aromatic heterocycles. The van der Waals surface area contributed by atoms with E-state index in [0.29, 0.717) is 36.7 Å². The number of carboxylic acid groups (broad SMARTS) is 1. The van der Waals surface area contributed by atoms with Crippen LogP contribution in [0.3, 0.4) is 0 Å². The zero-order valence-corrected chi connectivity index (χ0v) is 15.3. The zero-order valence-electron chi connectivity index (χ0n) is 15.3. The number of aliphatic carboxylic acids is 1. The highest BCUT2D eigenvalue weighted by Crippen LogP contribution is 2.40. The van der Waals surface area contributed by atoms with Crippen LogP contribution < -0.4 is 19.5 Å². The predicted molar refractivity (Wildman–Crippen MR) is 93.0 cm³/mol. The molecular weight excluding hydrogens is 342 g/mol. The minimum Gasteiger partial charge on any atom is -0.493 e. The number of benzene rings is 1. The van der Waals surface area contributed by atoms with E-state index < -0.39 is 11.5 Å². The highest BCUT2D eigenvalue weighted by Gasteiger charge is 2.38. The Kier molecular flexibility index (Phi) is 6.68. The van der Waals surface area contributed by atoms with Gasteiger partial charge in [-0.1, -0.05) is 6.07 Å². The van der Waals surface area contributed by atoms with Crippen LogP contribution in [0.4, 0.5) is 0 Å². The molecule has 1 amide bonds. The fourth-order valence-electron chi connectivity index (χ4n) is 3.15. The van der Waals surface area contributed by atoms with Crippen LogP contribution in [0.15, 0.2) is 12.1 Å². The summed E-state index contributed by atoms with van der Waals surface area (Å²) in [6.45, 7) is 0.655. The molecule has 0 radical (unpaired) electrons. The Morgan fingerprint density at radius 3 is 2.46 bits per heavy atom. The molecule has 0 spiro atoms. The molecule has 2 N–H and O–H groups in total. The normalized spacial score (nSPS) is 19.0. The Labute approximate surface area is 152 Å². The third-order valence-electron chi connectivity index (χ3n) is 4.40. The van der Waals surface area contributed by atoms with Gasteiger partial charge in [0.05, 0.1) is 39.9 Å². The van der Waals surface area contributed by atoms with Gasteiger partial charge in [0.2, 0.25) is 11.7 Å². The molecule has 0 bridgehead atoms. The van der Waals surface area contributed by atoms with Crippen LogP contribution in [0.5, 0.6) is 17.2 Å². The highest BCUT2D eigenvalue weighted by molar-refractivity contribution is 5.79. The van der Waals surface area contributed by atoms with Gasteiger partial charge in [0.25, 0.3) is 0 Å². The summed E-state index contributed by atoms with van der Waals surface area (Å²) in [5, 5.41) is 11.9. The van der Waals surface area contributed by atoms with Crippen LogP contribution in [-0.4, -0.2) is 57.1 Å². The van der Waals surface area contributed by atoms with E-state index in [1.807, 2.05) is 6.07 Å². The molecule has 1 unspecified atom stereocenters. The van der Waals surface area contributed by atoms with E-state index in [0.717, 1.165) is 5.56 Å². The van der Waals surface area contributed by atoms with Crippen molar-refractivity contribution in [1.82, 2.24) is 5.32 Å². The average molecular weight is 367 g/mol. The predicted octanol–water partition coefficient (Wildman–Crippen LogP) is 1.39. The number of ether oxygens (including phenoxy) is 4. The first-order chi connectivity index (χ1) is 12.4. The second kappa shape index (κ2) is 8.75. The smallest absolute Gasteiger partial charge is 0.305 e. The summed E-state index contributed by atoms with van der Waals surface area (Å²) in [5.74, 6) is 0.343. The molecule has 1 aliphatic heterocycles. The second-order valence-corrected chi connectivity index (χ2v) is 6.20. The van der Waals surface area contributed by atoms with Crippen LogP contribution in [0.1, 0.15) is 24.8 Å². The number of amides is 1. The molecule has 8 nitrogen and oxygen atoms in total. The molecule has 1 aromatic rings. The van der Waals surface area contributed by atoms with Gasteiger partial charge in [-0.25, -0.2) is 0 Å². The first kappa shape index (κ1) is 19.8. The summed E-state index contributed by atoms with van der Waals surface area (Å²) >= 11 is 0. The van der Waals surface area contributed by atoms with Gasteiger partial charge in [-0.2, -0.15) is 0 Å². The first-order valence-corrected chi connectivity index (χ1v) is 8.33. The van der Waals surface area contributed by atoms with Gasteiger partial charge in [0.1, 0.15) is 0 Å². The molecule has 1 atom stereocenters. The Morgan fingerprint density at radius 1 is 1.19 bits per heavy atom. The standard InChI is InChI=1S/C18H25NO7/c1-23-13-6-4-12(16(24-2)17(13)25-3)5-7-14(20)19-18(10-15(21)22)8-9-26-11-18/h4,6H,5,7-11H2,1-3H3,(H,19,20)(H,21,22). The molecule has 26 heavy (non-hydrogen) atoms. The van der Waals surface area contributed by atoms with E-state index in [2.05, 4.69) is 5.32 Å². The number of carbonyl (C=O) groups excluding carboxylic acids is 1. The molecule has 1 saturated heterocycles. The van der Waals surface area contributed by atoms with Crippen molar-refractivity contribution >= 4 is 11.9 Å². The lowest BCUT2D eigenvalue weighted by Crippen LogP contribution is -2.50. The molecule has 144 valence electrons. The first-order valence-electron chi connectivity index (χ1n) is 8.33. The summed E-state index contributed by atoms with van der Waals surface area (Å²) in [7, 11) is 4.58. The summed E-state index contributed by atoms with van der Waals surface area (Å²) in [4.78, 5) is 23.5. The van der Waals surface area contributed by atoms with E-state index in [4.69, 9.17) is 24.1 Å². The molecule has 1 fully saturated rings. The van der Waals surface area contributed by atoms with Crippen molar-refractivity contribution in [1.29, 1.82) is 0 Å². The fraction of sp³-hybridized carbons (Fsp3) is 0.556. The number of nitrogens with one attached hydrogen (secondary N) is 1. The van der Waals surface area contributed by atoms with E-state index >= 15 is 0 Å². The van der Waals surface area contributed by atoms with Crippen molar-refractivity contribution in [3.8, 4) is 17.2 Å². The number of aryl methyl sites for hydroxylation is 1. The molecular formula is C18H25NO7. The molecule has 1 aromatic carbocycles. The van der Waals surface area contributed by atoms with E-state index in [9.17, 15) is 9.59 Å². The van der Waals surface area contributed by atoms with Gasteiger partial charge in [-0.3, -0.25) is 9.59 Å². The molecule has 0 aliphatic carbocycles. The quantitative estimate of drug-likeness (QED) is 0.680. The van der Waals surface area contributed by atoms with Crippen molar-refractivity contribution in [3.63, 3.8) is 0 Å². The van der Waals surface area contributed by atoms with Crippen LogP contribution >= 0.6 is 0 Å². The monoisotopic (exact) mass is 367 g/mol.